The van der Waals surface area contributed by atoms with Gasteiger partial charge in [-0.3, -0.25) is 14.7 Å². The first-order valence-corrected chi connectivity index (χ1v) is 9.50. The Kier molecular flexibility index (Phi) is 5.99. The summed E-state index contributed by atoms with van der Waals surface area (Å²) in [5, 5.41) is 5.24. The van der Waals surface area contributed by atoms with Crippen LogP contribution in [0.3, 0.4) is 0 Å². The van der Waals surface area contributed by atoms with E-state index in [0.29, 0.717) is 12.3 Å². The second kappa shape index (κ2) is 8.40. The summed E-state index contributed by atoms with van der Waals surface area (Å²) in [6.07, 6.45) is 4.62. The average molecular weight is 343 g/mol. The summed E-state index contributed by atoms with van der Waals surface area (Å²) in [4.78, 5) is 20.3. The molecule has 0 radical (unpaired) electrons. The number of carbonyl (C=O) groups excluding carboxylic acids is 1. The highest BCUT2D eigenvalue weighted by Gasteiger charge is 2.20. The van der Waals surface area contributed by atoms with Crippen LogP contribution in [0.15, 0.2) is 35.8 Å². The Morgan fingerprint density at radius 1 is 1.42 bits per heavy atom. The predicted octanol–water partition coefficient (Wildman–Crippen LogP) is 3.02. The largest absolute Gasteiger partial charge is 0.355 e. The van der Waals surface area contributed by atoms with E-state index in [0.717, 1.165) is 37.4 Å². The average Bonchev–Trinajstić information content (AvgIpc) is 3.08. The van der Waals surface area contributed by atoms with Crippen LogP contribution < -0.4 is 5.32 Å². The van der Waals surface area contributed by atoms with Gasteiger partial charge in [0.25, 0.3) is 0 Å². The van der Waals surface area contributed by atoms with E-state index in [1.165, 1.54) is 17.7 Å². The maximum atomic E-state index is 12.1. The molecular weight excluding hydrogens is 318 g/mol. The Bertz CT molecular complexity index is 639. The lowest BCUT2D eigenvalue weighted by atomic mass is 9.98. The Balaban J connectivity index is 1.42. The fourth-order valence-electron chi connectivity index (χ4n) is 3.19. The summed E-state index contributed by atoms with van der Waals surface area (Å²) < 4.78 is 0. The molecule has 0 aliphatic carbocycles. The number of nitrogens with zero attached hydrogens (tertiary/aromatic N) is 2. The summed E-state index contributed by atoms with van der Waals surface area (Å²) in [6, 6.07) is 8.24. The molecule has 1 atom stereocenters. The molecule has 128 valence electrons. The van der Waals surface area contributed by atoms with E-state index < -0.39 is 0 Å². The topological polar surface area (TPSA) is 45.2 Å². The van der Waals surface area contributed by atoms with Crippen LogP contribution in [-0.4, -0.2) is 35.4 Å². The number of piperidine rings is 1. The van der Waals surface area contributed by atoms with Gasteiger partial charge in [0.2, 0.25) is 5.91 Å². The van der Waals surface area contributed by atoms with Gasteiger partial charge in [-0.2, -0.15) is 0 Å². The third kappa shape index (κ3) is 5.14. The summed E-state index contributed by atoms with van der Waals surface area (Å²) in [5.41, 5.74) is 1.95. The highest BCUT2D eigenvalue weighted by atomic mass is 32.1. The minimum absolute atomic E-state index is 0.0935. The second-order valence-corrected chi connectivity index (χ2v) is 7.64. The van der Waals surface area contributed by atoms with Crippen LogP contribution in [0, 0.1) is 12.8 Å². The lowest BCUT2D eigenvalue weighted by molar-refractivity contribution is -0.120. The number of hydrogen-bond acceptors (Lipinski definition) is 4. The molecule has 1 fully saturated rings. The van der Waals surface area contributed by atoms with Gasteiger partial charge in [0, 0.05) is 36.4 Å². The van der Waals surface area contributed by atoms with Gasteiger partial charge in [-0.1, -0.05) is 12.1 Å². The minimum atomic E-state index is 0.0935. The van der Waals surface area contributed by atoms with Gasteiger partial charge in [-0.05, 0) is 55.3 Å². The van der Waals surface area contributed by atoms with E-state index in [-0.39, 0.29) is 5.91 Å². The maximum absolute atomic E-state index is 12.1. The summed E-state index contributed by atoms with van der Waals surface area (Å²) in [5.74, 6) is 0.648. The van der Waals surface area contributed by atoms with Crippen molar-refractivity contribution < 1.29 is 4.79 Å². The molecular formula is C19H25N3OS. The monoisotopic (exact) mass is 343 g/mol. The molecule has 5 heteroatoms. The zero-order chi connectivity index (χ0) is 16.8. The number of aromatic nitrogens is 1. The van der Waals surface area contributed by atoms with Crippen molar-refractivity contribution in [3.63, 3.8) is 0 Å². The van der Waals surface area contributed by atoms with E-state index in [1.54, 1.807) is 6.20 Å². The second-order valence-electron chi connectivity index (χ2n) is 6.61. The first-order valence-electron chi connectivity index (χ1n) is 8.62. The molecule has 1 aliphatic rings. The van der Waals surface area contributed by atoms with Crippen LogP contribution in [0.5, 0.6) is 0 Å². The van der Waals surface area contributed by atoms with Crippen LogP contribution in [0.25, 0.3) is 0 Å². The van der Waals surface area contributed by atoms with Gasteiger partial charge in [-0.15, -0.1) is 11.3 Å². The van der Waals surface area contributed by atoms with Crippen LogP contribution in [0.4, 0.5) is 0 Å². The van der Waals surface area contributed by atoms with E-state index in [4.69, 9.17) is 0 Å². The van der Waals surface area contributed by atoms with E-state index in [1.807, 2.05) is 30.4 Å². The highest BCUT2D eigenvalue weighted by Crippen LogP contribution is 2.20. The third-order valence-corrected chi connectivity index (χ3v) is 5.35. The molecule has 0 bridgehead atoms. The molecule has 4 nitrogen and oxygen atoms in total. The Labute approximate surface area is 147 Å². The van der Waals surface area contributed by atoms with E-state index in [2.05, 4.69) is 32.7 Å². The molecule has 1 N–H and O–H groups in total. The van der Waals surface area contributed by atoms with Gasteiger partial charge < -0.3 is 5.32 Å². The molecule has 2 aromatic rings. The van der Waals surface area contributed by atoms with Gasteiger partial charge >= 0.3 is 0 Å². The molecule has 3 heterocycles. The van der Waals surface area contributed by atoms with Crippen molar-refractivity contribution in [2.24, 2.45) is 5.92 Å². The van der Waals surface area contributed by atoms with Crippen LogP contribution in [0.2, 0.25) is 0 Å². The lowest BCUT2D eigenvalue weighted by Gasteiger charge is -2.32. The predicted molar refractivity (Wildman–Crippen MR) is 98.0 cm³/mol. The van der Waals surface area contributed by atoms with Gasteiger partial charge in [0.15, 0.2) is 0 Å². The van der Waals surface area contributed by atoms with Crippen molar-refractivity contribution in [2.45, 2.75) is 32.7 Å². The van der Waals surface area contributed by atoms with Crippen molar-refractivity contribution in [1.82, 2.24) is 15.2 Å². The Morgan fingerprint density at radius 3 is 3.08 bits per heavy atom. The number of rotatable bonds is 6. The summed E-state index contributed by atoms with van der Waals surface area (Å²) >= 11 is 1.82. The molecule has 0 saturated carbocycles. The number of thiophene rings is 1. The molecule has 0 spiro atoms. The number of hydrogen-bond donors (Lipinski definition) is 1. The fraction of sp³-hybridized carbons (Fsp3) is 0.474. The fourth-order valence-corrected chi connectivity index (χ4v) is 3.94. The van der Waals surface area contributed by atoms with Crippen molar-refractivity contribution in [3.05, 3.63) is 52.0 Å². The Morgan fingerprint density at radius 2 is 2.33 bits per heavy atom. The maximum Gasteiger partial charge on any atom is 0.224 e. The van der Waals surface area contributed by atoms with Crippen molar-refractivity contribution in [2.75, 3.05) is 19.6 Å². The third-order valence-electron chi connectivity index (χ3n) is 4.49. The number of amides is 1. The van der Waals surface area contributed by atoms with Crippen molar-refractivity contribution in [3.8, 4) is 0 Å². The molecule has 1 aliphatic heterocycles. The lowest BCUT2D eigenvalue weighted by Crippen LogP contribution is -2.40. The van der Waals surface area contributed by atoms with Crippen LogP contribution >= 0.6 is 11.3 Å². The van der Waals surface area contributed by atoms with E-state index in [9.17, 15) is 4.79 Å². The molecule has 1 unspecified atom stereocenters. The van der Waals surface area contributed by atoms with Crippen molar-refractivity contribution >= 4 is 17.2 Å². The Hall–Kier alpha value is -1.72. The first kappa shape index (κ1) is 17.1. The number of nitrogens with one attached hydrogen (secondary N) is 1. The quantitative estimate of drug-likeness (QED) is 0.877. The number of pyridine rings is 1. The standard InChI is InChI=1S/C19H25N3OS/c1-15-6-7-16(11-20-15)10-19(23)21-12-17-4-2-8-22(13-17)14-18-5-3-9-24-18/h3,5-7,9,11,17H,2,4,8,10,12-14H2,1H3,(H,21,23). The summed E-state index contributed by atoms with van der Waals surface area (Å²) in [6.45, 7) is 6.01. The number of aryl methyl sites for hydroxylation is 1. The van der Waals surface area contributed by atoms with Crippen molar-refractivity contribution in [1.29, 1.82) is 0 Å². The minimum Gasteiger partial charge on any atom is -0.355 e. The van der Waals surface area contributed by atoms with Crippen LogP contribution in [0.1, 0.15) is 29.0 Å². The van der Waals surface area contributed by atoms with Gasteiger partial charge in [-0.25, -0.2) is 0 Å². The number of carbonyl (C=O) groups is 1. The zero-order valence-electron chi connectivity index (χ0n) is 14.2. The van der Waals surface area contributed by atoms with Crippen LogP contribution in [-0.2, 0) is 17.8 Å². The highest BCUT2D eigenvalue weighted by molar-refractivity contribution is 7.09. The normalized spacial score (nSPS) is 18.5. The van der Waals surface area contributed by atoms with Gasteiger partial charge in [0.05, 0.1) is 6.42 Å². The first-order chi connectivity index (χ1) is 11.7. The molecule has 2 aromatic heterocycles. The molecule has 0 aromatic carbocycles. The van der Waals surface area contributed by atoms with Gasteiger partial charge in [0.1, 0.15) is 0 Å². The molecule has 24 heavy (non-hydrogen) atoms. The SMILES string of the molecule is Cc1ccc(CC(=O)NCC2CCCN(Cc3cccs3)C2)cn1. The van der Waals surface area contributed by atoms with E-state index >= 15 is 0 Å². The number of likely N-dealkylation sites (tertiary alicyclic amines) is 1. The molecule has 1 amide bonds. The molecule has 3 rings (SSSR count). The smallest absolute Gasteiger partial charge is 0.224 e. The zero-order valence-corrected chi connectivity index (χ0v) is 15.0. The summed E-state index contributed by atoms with van der Waals surface area (Å²) in [7, 11) is 0. The molecule has 1 saturated heterocycles.